The Hall–Kier alpha value is -3.75. The molecule has 9 nitrogen and oxygen atoms in total. The average molecular weight is 367 g/mol. The molecule has 0 aliphatic carbocycles. The molecule has 0 atom stereocenters. The van der Waals surface area contributed by atoms with E-state index < -0.39 is 17.8 Å². The first-order chi connectivity index (χ1) is 12.9. The number of carbonyl (C=O) groups is 4. The monoisotopic (exact) mass is 367 g/mol. The van der Waals surface area contributed by atoms with Gasteiger partial charge in [-0.2, -0.15) is 0 Å². The van der Waals surface area contributed by atoms with Crippen molar-refractivity contribution in [2.75, 3.05) is 30.8 Å². The molecule has 3 rings (SSSR count). The summed E-state index contributed by atoms with van der Waals surface area (Å²) in [6, 6.07) is 9.33. The molecule has 2 N–H and O–H groups in total. The zero-order valence-corrected chi connectivity index (χ0v) is 14.5. The molecule has 138 valence electrons. The third-order valence-corrected chi connectivity index (χ3v) is 3.86. The van der Waals surface area contributed by atoms with Crippen LogP contribution in [0.25, 0.3) is 0 Å². The Labute approximate surface area is 155 Å². The summed E-state index contributed by atoms with van der Waals surface area (Å²) in [5.41, 5.74) is 1.31. The van der Waals surface area contributed by atoms with Crippen molar-refractivity contribution in [1.82, 2.24) is 14.8 Å². The van der Waals surface area contributed by atoms with Gasteiger partial charge in [-0.1, -0.05) is 6.07 Å². The summed E-state index contributed by atoms with van der Waals surface area (Å²) in [5.74, 6) is -1.26. The quantitative estimate of drug-likeness (QED) is 0.771. The molecule has 5 amide bonds. The molecule has 2 aromatic rings. The van der Waals surface area contributed by atoms with Crippen molar-refractivity contribution in [3.63, 3.8) is 0 Å². The number of hydrogen-bond acceptors (Lipinski definition) is 5. The van der Waals surface area contributed by atoms with E-state index in [1.54, 1.807) is 42.6 Å². The fourth-order valence-corrected chi connectivity index (χ4v) is 2.54. The van der Waals surface area contributed by atoms with Crippen molar-refractivity contribution in [3.05, 3.63) is 54.4 Å². The van der Waals surface area contributed by atoms with Gasteiger partial charge in [-0.15, -0.1) is 0 Å². The summed E-state index contributed by atoms with van der Waals surface area (Å²) >= 11 is 0. The number of pyridine rings is 1. The van der Waals surface area contributed by atoms with Gasteiger partial charge < -0.3 is 15.5 Å². The summed E-state index contributed by atoms with van der Waals surface area (Å²) in [6.07, 6.45) is 3.02. The topological polar surface area (TPSA) is 112 Å². The van der Waals surface area contributed by atoms with Crippen molar-refractivity contribution in [1.29, 1.82) is 0 Å². The molecular formula is C18H17N5O4. The normalized spacial score (nSPS) is 13.7. The van der Waals surface area contributed by atoms with Crippen LogP contribution in [0.5, 0.6) is 0 Å². The third-order valence-electron chi connectivity index (χ3n) is 3.86. The van der Waals surface area contributed by atoms with E-state index in [9.17, 15) is 19.2 Å². The molecule has 0 unspecified atom stereocenters. The second-order valence-corrected chi connectivity index (χ2v) is 5.94. The average Bonchev–Trinajstić information content (AvgIpc) is 2.89. The van der Waals surface area contributed by atoms with Crippen molar-refractivity contribution in [3.8, 4) is 0 Å². The number of aromatic nitrogens is 1. The first kappa shape index (κ1) is 18.1. The molecule has 1 aromatic carbocycles. The lowest BCUT2D eigenvalue weighted by molar-refractivity contribution is -0.129. The highest BCUT2D eigenvalue weighted by Gasteiger charge is 2.34. The number of carbonyl (C=O) groups excluding carboxylic acids is 4. The number of amides is 5. The van der Waals surface area contributed by atoms with E-state index in [0.29, 0.717) is 16.9 Å². The highest BCUT2D eigenvalue weighted by Crippen LogP contribution is 2.16. The summed E-state index contributed by atoms with van der Waals surface area (Å²) in [5, 5.41) is 5.32. The molecule has 1 aliphatic heterocycles. The summed E-state index contributed by atoms with van der Waals surface area (Å²) in [7, 11) is 1.49. The number of benzene rings is 1. The molecule has 0 bridgehead atoms. The molecule has 0 saturated carbocycles. The van der Waals surface area contributed by atoms with E-state index >= 15 is 0 Å². The van der Waals surface area contributed by atoms with Crippen molar-refractivity contribution >= 4 is 35.1 Å². The van der Waals surface area contributed by atoms with E-state index in [2.05, 4.69) is 15.6 Å². The van der Waals surface area contributed by atoms with Gasteiger partial charge in [-0.05, 0) is 30.3 Å². The zero-order valence-electron chi connectivity index (χ0n) is 14.5. The van der Waals surface area contributed by atoms with E-state index in [1.165, 1.54) is 18.1 Å². The standard InChI is InChI=1S/C18H17N5O4/c1-22-11-16(25)23(18(22)27)10-15(24)20-13-5-2-6-14(8-13)21-17(26)12-4-3-7-19-9-12/h2-9H,10-11H2,1H3,(H,20,24)(H,21,26). The van der Waals surface area contributed by atoms with Crippen molar-refractivity contribution in [2.45, 2.75) is 0 Å². The minimum atomic E-state index is -0.511. The van der Waals surface area contributed by atoms with Gasteiger partial charge in [0.2, 0.25) is 5.91 Å². The third kappa shape index (κ3) is 4.27. The minimum Gasteiger partial charge on any atom is -0.324 e. The first-order valence-corrected chi connectivity index (χ1v) is 8.11. The van der Waals surface area contributed by atoms with Crippen LogP contribution < -0.4 is 10.6 Å². The van der Waals surface area contributed by atoms with Crippen molar-refractivity contribution < 1.29 is 19.2 Å². The largest absolute Gasteiger partial charge is 0.327 e. The number of nitrogens with one attached hydrogen (secondary N) is 2. The van der Waals surface area contributed by atoms with E-state index in [0.717, 1.165) is 4.90 Å². The maximum absolute atomic E-state index is 12.2. The van der Waals surface area contributed by atoms with Gasteiger partial charge >= 0.3 is 6.03 Å². The molecular weight excluding hydrogens is 350 g/mol. The molecule has 0 radical (unpaired) electrons. The Morgan fingerprint density at radius 1 is 1.11 bits per heavy atom. The maximum Gasteiger partial charge on any atom is 0.327 e. The Balaban J connectivity index is 1.62. The van der Waals surface area contributed by atoms with Gasteiger partial charge in [0.1, 0.15) is 13.1 Å². The summed E-state index contributed by atoms with van der Waals surface area (Å²) in [4.78, 5) is 53.9. The molecule has 2 heterocycles. The lowest BCUT2D eigenvalue weighted by Gasteiger charge is -2.14. The van der Waals surface area contributed by atoms with Crippen LogP contribution in [0.4, 0.5) is 16.2 Å². The number of likely N-dealkylation sites (N-methyl/N-ethyl adjacent to an activating group) is 1. The first-order valence-electron chi connectivity index (χ1n) is 8.11. The fourth-order valence-electron chi connectivity index (χ4n) is 2.54. The maximum atomic E-state index is 12.2. The van der Waals surface area contributed by atoms with Crippen LogP contribution >= 0.6 is 0 Å². The number of imide groups is 1. The van der Waals surface area contributed by atoms with Crippen LogP contribution in [0, 0.1) is 0 Å². The Kier molecular flexibility index (Phi) is 5.11. The second kappa shape index (κ2) is 7.65. The Morgan fingerprint density at radius 3 is 2.48 bits per heavy atom. The summed E-state index contributed by atoms with van der Waals surface area (Å²) < 4.78 is 0. The second-order valence-electron chi connectivity index (χ2n) is 5.94. The van der Waals surface area contributed by atoms with Gasteiger partial charge in [0.05, 0.1) is 5.56 Å². The lowest BCUT2D eigenvalue weighted by Crippen LogP contribution is -2.38. The SMILES string of the molecule is CN1CC(=O)N(CC(=O)Nc2cccc(NC(=O)c3cccnc3)c2)C1=O. The number of rotatable bonds is 5. The molecule has 27 heavy (non-hydrogen) atoms. The Bertz CT molecular complexity index is 900. The van der Waals surface area contributed by atoms with Gasteiger partial charge in [0.25, 0.3) is 11.8 Å². The van der Waals surface area contributed by atoms with E-state index in [1.807, 2.05) is 0 Å². The number of hydrogen-bond donors (Lipinski definition) is 2. The smallest absolute Gasteiger partial charge is 0.324 e. The van der Waals surface area contributed by atoms with E-state index in [-0.39, 0.29) is 19.0 Å². The van der Waals surface area contributed by atoms with Crippen LogP contribution in [0.1, 0.15) is 10.4 Å². The minimum absolute atomic E-state index is 0.0397. The van der Waals surface area contributed by atoms with Crippen LogP contribution in [0.2, 0.25) is 0 Å². The zero-order chi connectivity index (χ0) is 19.4. The predicted octanol–water partition coefficient (Wildman–Crippen LogP) is 1.17. The highest BCUT2D eigenvalue weighted by molar-refractivity contribution is 6.07. The highest BCUT2D eigenvalue weighted by atomic mass is 16.2. The number of nitrogens with zero attached hydrogens (tertiary/aromatic N) is 3. The van der Waals surface area contributed by atoms with Gasteiger partial charge in [-0.3, -0.25) is 24.3 Å². The molecule has 9 heteroatoms. The number of anilines is 2. The Morgan fingerprint density at radius 2 is 1.85 bits per heavy atom. The van der Waals surface area contributed by atoms with Crippen LogP contribution in [-0.4, -0.2) is 58.7 Å². The van der Waals surface area contributed by atoms with Crippen LogP contribution in [-0.2, 0) is 9.59 Å². The fraction of sp³-hybridized carbons (Fsp3) is 0.167. The molecule has 1 fully saturated rings. The molecule has 1 aromatic heterocycles. The van der Waals surface area contributed by atoms with Gasteiger partial charge in [0, 0.05) is 30.8 Å². The predicted molar refractivity (Wildman–Crippen MR) is 97.0 cm³/mol. The molecule has 1 aliphatic rings. The van der Waals surface area contributed by atoms with Crippen molar-refractivity contribution in [2.24, 2.45) is 0 Å². The van der Waals surface area contributed by atoms with Crippen LogP contribution in [0.3, 0.4) is 0 Å². The lowest BCUT2D eigenvalue weighted by atomic mass is 10.2. The summed E-state index contributed by atoms with van der Waals surface area (Å²) in [6.45, 7) is -0.406. The van der Waals surface area contributed by atoms with Gasteiger partial charge in [0.15, 0.2) is 0 Å². The van der Waals surface area contributed by atoms with Crippen LogP contribution in [0.15, 0.2) is 48.8 Å². The van der Waals surface area contributed by atoms with Gasteiger partial charge in [-0.25, -0.2) is 4.79 Å². The number of urea groups is 1. The molecule has 1 saturated heterocycles. The molecule has 0 spiro atoms. The van der Waals surface area contributed by atoms with E-state index in [4.69, 9.17) is 0 Å².